The van der Waals surface area contributed by atoms with E-state index in [1.807, 2.05) is 36.4 Å². The van der Waals surface area contributed by atoms with Crippen LogP contribution in [0.25, 0.3) is 11.0 Å². The van der Waals surface area contributed by atoms with Crippen molar-refractivity contribution >= 4 is 61.2 Å². The zero-order valence-corrected chi connectivity index (χ0v) is 45.1. The van der Waals surface area contributed by atoms with E-state index < -0.39 is 37.5 Å². The third-order valence-corrected chi connectivity index (χ3v) is 18.7. The zero-order valence-electron chi connectivity index (χ0n) is 44.3. The molecule has 1 spiro atoms. The number of piperidine rings is 1. The molecule has 21 nitrogen and oxygen atoms in total. The average molecular weight is 1100 g/mol. The van der Waals surface area contributed by atoms with Crippen LogP contribution in [0.4, 0.5) is 34.3 Å². The molecule has 7 aliphatic rings. The second-order valence-electron chi connectivity index (χ2n) is 22.4. The molecule has 5 fully saturated rings. The Bertz CT molecular complexity index is 3380. The van der Waals surface area contributed by atoms with Crippen molar-refractivity contribution in [3.63, 3.8) is 0 Å². The van der Waals surface area contributed by atoms with Gasteiger partial charge in [0.2, 0.25) is 5.88 Å². The van der Waals surface area contributed by atoms with Crippen molar-refractivity contribution in [2.24, 2.45) is 11.3 Å². The Hall–Kier alpha value is -7.27. The van der Waals surface area contributed by atoms with Gasteiger partial charge in [0, 0.05) is 99.7 Å². The number of carbonyl (C=O) groups excluding carboxylic acids is 1. The minimum absolute atomic E-state index is 0.0231. The summed E-state index contributed by atoms with van der Waals surface area (Å²) in [6.45, 7) is 10.3. The number of H-pyrrole nitrogens is 1. The zero-order chi connectivity index (χ0) is 54.0. The maximum absolute atomic E-state index is 14.9. The quantitative estimate of drug-likeness (QED) is 0.0785. The van der Waals surface area contributed by atoms with E-state index in [9.17, 15) is 23.3 Å². The number of carbonyl (C=O) groups is 1. The first kappa shape index (κ1) is 51.2. The maximum Gasteiger partial charge on any atom is 0.297 e. The van der Waals surface area contributed by atoms with Crippen molar-refractivity contribution in [1.82, 2.24) is 29.6 Å². The Morgan fingerprint density at radius 1 is 0.924 bits per heavy atom. The summed E-state index contributed by atoms with van der Waals surface area (Å²) in [4.78, 5) is 52.7. The number of aromatic amines is 1. The van der Waals surface area contributed by atoms with Gasteiger partial charge in [-0.3, -0.25) is 19.8 Å². The van der Waals surface area contributed by atoms with Gasteiger partial charge in [-0.2, -0.15) is 4.98 Å². The number of fused-ring (bicyclic) bond motifs is 4. The van der Waals surface area contributed by atoms with Crippen LogP contribution < -0.4 is 38.9 Å². The Morgan fingerprint density at radius 2 is 1.75 bits per heavy atom. The lowest BCUT2D eigenvalue weighted by molar-refractivity contribution is -0.384. The predicted molar refractivity (Wildman–Crippen MR) is 295 cm³/mol. The van der Waals surface area contributed by atoms with Gasteiger partial charge in [-0.15, -0.1) is 0 Å². The smallest absolute Gasteiger partial charge is 0.297 e. The summed E-state index contributed by atoms with van der Waals surface area (Å²) < 4.78 is 61.7. The number of amides is 1. The molecule has 0 bridgehead atoms. The van der Waals surface area contributed by atoms with Gasteiger partial charge >= 0.3 is 0 Å². The molecule has 414 valence electrons. The highest BCUT2D eigenvalue weighted by Gasteiger charge is 2.51. The van der Waals surface area contributed by atoms with Gasteiger partial charge in [0.1, 0.15) is 41.9 Å². The van der Waals surface area contributed by atoms with Crippen molar-refractivity contribution in [3.05, 3.63) is 113 Å². The maximum atomic E-state index is 14.9. The van der Waals surface area contributed by atoms with Crippen LogP contribution in [-0.2, 0) is 19.5 Å². The molecule has 3 N–H and O–H groups in total. The van der Waals surface area contributed by atoms with E-state index in [1.54, 1.807) is 24.8 Å². The molecule has 4 atom stereocenters. The lowest BCUT2D eigenvalue weighted by Gasteiger charge is -2.58. The number of nitro benzene ring substituents is 1. The number of nitro groups is 1. The molecule has 1 aliphatic carbocycles. The molecule has 4 saturated heterocycles. The van der Waals surface area contributed by atoms with E-state index in [-0.39, 0.29) is 65.8 Å². The van der Waals surface area contributed by atoms with Crippen LogP contribution in [-0.4, -0.2) is 140 Å². The van der Waals surface area contributed by atoms with Gasteiger partial charge in [-0.05, 0) is 113 Å². The van der Waals surface area contributed by atoms with Gasteiger partial charge in [0.15, 0.2) is 11.4 Å². The van der Waals surface area contributed by atoms with Crippen LogP contribution in [0.2, 0.25) is 0 Å². The summed E-state index contributed by atoms with van der Waals surface area (Å²) in [5.74, 6) is 1.48. The van der Waals surface area contributed by atoms with E-state index in [0.717, 1.165) is 100.0 Å². The fourth-order valence-corrected chi connectivity index (χ4v) is 14.3. The molecular weight excluding hydrogens is 1030 g/mol. The molecule has 0 unspecified atom stereocenters. The SMILES string of the molecule is CC(C)Oc1ccccc1[C@@H]1CN(c2ccncn2)CCN1C1CC2(CCN(c3ccc(C(=O)NS(=O)(=O)c4cc5c(c([N+](=O)[O-])c4)N[C@H](C4CCOCC4)CO5)c(N4c5cc6cc[nH]c6nc5O[C@H]5COCC[C@@H]54)c3)CC2)C1. The number of pyridine rings is 1. The summed E-state index contributed by atoms with van der Waals surface area (Å²) in [5.41, 5.74) is 3.73. The molecule has 6 aliphatic heterocycles. The lowest BCUT2D eigenvalue weighted by atomic mass is 9.59. The summed E-state index contributed by atoms with van der Waals surface area (Å²) in [5, 5.41) is 16.7. The molecule has 6 aromatic rings. The van der Waals surface area contributed by atoms with Crippen LogP contribution in [0.5, 0.6) is 17.4 Å². The van der Waals surface area contributed by atoms with Gasteiger partial charge in [-0.25, -0.2) is 23.1 Å². The second-order valence-corrected chi connectivity index (χ2v) is 24.1. The van der Waals surface area contributed by atoms with Crippen molar-refractivity contribution in [2.45, 2.75) is 100 Å². The first-order chi connectivity index (χ1) is 38.4. The number of sulfonamides is 1. The third-order valence-electron chi connectivity index (χ3n) is 17.4. The highest BCUT2D eigenvalue weighted by atomic mass is 32.2. The third kappa shape index (κ3) is 9.79. The number of anilines is 5. The van der Waals surface area contributed by atoms with E-state index >= 15 is 0 Å². The largest absolute Gasteiger partial charge is 0.491 e. The Balaban J connectivity index is 0.784. The van der Waals surface area contributed by atoms with Crippen molar-refractivity contribution in [1.29, 1.82) is 0 Å². The number of para-hydroxylation sites is 1. The van der Waals surface area contributed by atoms with Crippen LogP contribution in [0.15, 0.2) is 96.4 Å². The fourth-order valence-electron chi connectivity index (χ4n) is 13.3. The number of nitrogens with zero attached hydrogens (tertiary/aromatic N) is 8. The minimum Gasteiger partial charge on any atom is -0.491 e. The molecule has 9 heterocycles. The van der Waals surface area contributed by atoms with Crippen molar-refractivity contribution in [2.75, 3.05) is 85.8 Å². The standard InChI is InChI=1S/C57H65N11O10S/c1-35(2)77-49-6-4-3-5-41(49)48-31-65(52-10-16-58-34-60-52)20-21-66(48)39-29-57(30-39)14-18-64(19-15-57)38-7-8-42(45(26-38)67-44-13-24-75-33-51(44)78-56-47(67)25-37-9-17-59-54(37)62-56)55(69)63-79(72,73)40-27-46(68(70)71)53-50(28-40)76-32-43(61-53)36-11-22-74-23-12-36/h3-10,16-17,25-28,34-36,39,43-44,48,51,61H,11-15,18-24,29-33H2,1-2H3,(H,59,62)(H,63,69)/t43-,44-,48-,51-/m0/s1. The Labute approximate surface area is 458 Å². The molecule has 13 rings (SSSR count). The molecular formula is C57H65N11O10S. The topological polar surface area (TPSA) is 232 Å². The van der Waals surface area contributed by atoms with Crippen molar-refractivity contribution < 1.29 is 41.8 Å². The highest BCUT2D eigenvalue weighted by molar-refractivity contribution is 7.90. The Morgan fingerprint density at radius 3 is 2.54 bits per heavy atom. The van der Waals surface area contributed by atoms with Gasteiger partial charge in [0.25, 0.3) is 21.6 Å². The van der Waals surface area contributed by atoms with Crippen LogP contribution in [0, 0.1) is 21.4 Å². The lowest BCUT2D eigenvalue weighted by Crippen LogP contribution is -2.60. The normalized spacial score (nSPS) is 23.4. The first-order valence-electron chi connectivity index (χ1n) is 27.7. The van der Waals surface area contributed by atoms with E-state index in [4.69, 9.17) is 28.7 Å². The molecule has 79 heavy (non-hydrogen) atoms. The van der Waals surface area contributed by atoms with E-state index in [0.29, 0.717) is 55.2 Å². The Kier molecular flexibility index (Phi) is 13.4. The van der Waals surface area contributed by atoms with E-state index in [1.165, 1.54) is 11.6 Å². The average Bonchev–Trinajstić information content (AvgIpc) is 4.13. The summed E-state index contributed by atoms with van der Waals surface area (Å²) >= 11 is 0. The monoisotopic (exact) mass is 1100 g/mol. The fraction of sp³-hybridized carbons (Fsp3) is 0.474. The molecule has 3 aromatic heterocycles. The molecule has 3 aromatic carbocycles. The van der Waals surface area contributed by atoms with Crippen LogP contribution in [0.3, 0.4) is 0 Å². The van der Waals surface area contributed by atoms with E-state index in [2.05, 4.69) is 76.6 Å². The minimum atomic E-state index is -4.71. The summed E-state index contributed by atoms with van der Waals surface area (Å²) in [6, 6.07) is 22.1. The summed E-state index contributed by atoms with van der Waals surface area (Å²) in [6.07, 6.45) is 11.0. The molecule has 22 heteroatoms. The number of aromatic nitrogens is 4. The van der Waals surface area contributed by atoms with Crippen LogP contribution in [0.1, 0.15) is 80.8 Å². The number of rotatable bonds is 12. The summed E-state index contributed by atoms with van der Waals surface area (Å²) in [7, 11) is -4.71. The molecule has 1 saturated carbocycles. The number of hydrogen-bond donors (Lipinski definition) is 3. The van der Waals surface area contributed by atoms with Crippen LogP contribution >= 0.6 is 0 Å². The number of ether oxygens (including phenoxy) is 5. The number of piperazine rings is 1. The molecule has 0 radical (unpaired) electrons. The van der Waals surface area contributed by atoms with Gasteiger partial charge < -0.3 is 48.7 Å². The first-order valence-corrected chi connectivity index (χ1v) is 29.1. The number of hydrogen-bond acceptors (Lipinski definition) is 18. The van der Waals surface area contributed by atoms with Crippen molar-refractivity contribution in [3.8, 4) is 17.4 Å². The second kappa shape index (κ2) is 20.8. The van der Waals surface area contributed by atoms with Gasteiger partial charge in [-0.1, -0.05) is 18.2 Å². The molecule has 1 amide bonds. The number of nitrogens with one attached hydrogen (secondary N) is 3. The highest BCUT2D eigenvalue weighted by Crippen LogP contribution is 2.54. The predicted octanol–water partition coefficient (Wildman–Crippen LogP) is 7.77. The van der Waals surface area contributed by atoms with Gasteiger partial charge in [0.05, 0.1) is 51.9 Å². The number of benzene rings is 3.